The maximum atomic E-state index is 12.9. The van der Waals surface area contributed by atoms with Crippen LogP contribution in [0.25, 0.3) is 10.2 Å². The molecule has 1 aromatic heterocycles. The predicted molar refractivity (Wildman–Crippen MR) is 114 cm³/mol. The number of fused-ring (bicyclic) bond motifs is 1. The van der Waals surface area contributed by atoms with Crippen LogP contribution in [0, 0.1) is 11.3 Å². The van der Waals surface area contributed by atoms with Crippen molar-refractivity contribution in [2.45, 2.75) is 38.1 Å². The summed E-state index contributed by atoms with van der Waals surface area (Å²) in [4.78, 5) is 42.7. The molecule has 0 bridgehead atoms. The van der Waals surface area contributed by atoms with E-state index in [4.69, 9.17) is 5.73 Å². The number of amides is 3. The molecule has 3 aliphatic rings. The van der Waals surface area contributed by atoms with Crippen LogP contribution in [-0.4, -0.2) is 53.3 Å². The Labute approximate surface area is 178 Å². The summed E-state index contributed by atoms with van der Waals surface area (Å²) in [6, 6.07) is 5.75. The molecule has 8 nitrogen and oxygen atoms in total. The van der Waals surface area contributed by atoms with Gasteiger partial charge in [0.25, 0.3) is 5.91 Å². The summed E-state index contributed by atoms with van der Waals surface area (Å²) < 4.78 is 0.988. The molecule has 4 N–H and O–H groups in total. The van der Waals surface area contributed by atoms with Crippen LogP contribution in [0.4, 0.5) is 5.13 Å². The number of nitrogens with zero attached hydrogens (tertiary/aromatic N) is 2. The molecule has 2 aliphatic heterocycles. The first-order valence-electron chi connectivity index (χ1n) is 10.4. The Hall–Kier alpha value is -2.68. The van der Waals surface area contributed by atoms with Gasteiger partial charge in [-0.1, -0.05) is 11.3 Å². The Morgan fingerprint density at radius 1 is 1.27 bits per heavy atom. The Bertz CT molecular complexity index is 1020. The Balaban J connectivity index is 1.13. The lowest BCUT2D eigenvalue weighted by Crippen LogP contribution is -2.60. The number of rotatable bonds is 3. The van der Waals surface area contributed by atoms with E-state index in [1.54, 1.807) is 0 Å². The summed E-state index contributed by atoms with van der Waals surface area (Å²) in [6.45, 7) is 1.98. The molecule has 158 valence electrons. The van der Waals surface area contributed by atoms with Gasteiger partial charge in [0, 0.05) is 43.1 Å². The van der Waals surface area contributed by atoms with E-state index in [1.165, 1.54) is 11.3 Å². The molecule has 2 saturated heterocycles. The summed E-state index contributed by atoms with van der Waals surface area (Å²) in [5, 5.41) is 6.34. The molecular formula is C21H25N5O3S. The van der Waals surface area contributed by atoms with Crippen molar-refractivity contribution >= 4 is 44.4 Å². The lowest BCUT2D eigenvalue weighted by atomic mass is 9.67. The summed E-state index contributed by atoms with van der Waals surface area (Å²) in [5.74, 6) is -0.259. The number of hydrogen-bond acceptors (Lipinski definition) is 6. The molecule has 1 saturated carbocycles. The van der Waals surface area contributed by atoms with Gasteiger partial charge in [-0.25, -0.2) is 4.98 Å². The lowest BCUT2D eigenvalue weighted by molar-refractivity contribution is -0.127. The highest BCUT2D eigenvalue weighted by molar-refractivity contribution is 7.22. The van der Waals surface area contributed by atoms with Crippen molar-refractivity contribution in [1.82, 2.24) is 20.5 Å². The Morgan fingerprint density at radius 3 is 2.73 bits per heavy atom. The van der Waals surface area contributed by atoms with Crippen molar-refractivity contribution < 1.29 is 14.4 Å². The van der Waals surface area contributed by atoms with Gasteiger partial charge in [-0.15, -0.1) is 0 Å². The Kier molecular flexibility index (Phi) is 4.65. The van der Waals surface area contributed by atoms with E-state index in [2.05, 4.69) is 15.6 Å². The van der Waals surface area contributed by atoms with Crippen LogP contribution in [0.2, 0.25) is 0 Å². The maximum absolute atomic E-state index is 12.9. The van der Waals surface area contributed by atoms with Crippen LogP contribution in [0.3, 0.4) is 0 Å². The van der Waals surface area contributed by atoms with E-state index in [9.17, 15) is 14.4 Å². The normalized spacial score (nSPS) is 23.4. The van der Waals surface area contributed by atoms with Gasteiger partial charge in [0.05, 0.1) is 16.1 Å². The van der Waals surface area contributed by atoms with Gasteiger partial charge in [-0.3, -0.25) is 14.4 Å². The second-order valence-corrected chi connectivity index (χ2v) is 9.95. The third-order valence-corrected chi connectivity index (χ3v) is 7.60. The zero-order valence-corrected chi connectivity index (χ0v) is 17.5. The highest BCUT2D eigenvalue weighted by Crippen LogP contribution is 2.44. The molecule has 3 fully saturated rings. The average molecular weight is 428 g/mol. The third-order valence-electron chi connectivity index (χ3n) is 6.73. The number of thiazole rings is 1. The van der Waals surface area contributed by atoms with Gasteiger partial charge >= 0.3 is 0 Å². The Morgan fingerprint density at radius 2 is 2.03 bits per heavy atom. The summed E-state index contributed by atoms with van der Waals surface area (Å²) in [7, 11) is 0. The minimum atomic E-state index is -0.240. The molecule has 1 atom stereocenters. The fourth-order valence-corrected chi connectivity index (χ4v) is 5.68. The van der Waals surface area contributed by atoms with Crippen molar-refractivity contribution in [3.63, 3.8) is 0 Å². The molecule has 1 aliphatic carbocycles. The molecule has 2 aromatic rings. The summed E-state index contributed by atoms with van der Waals surface area (Å²) in [6.07, 6.45) is 4.15. The molecule has 1 unspecified atom stereocenters. The predicted octanol–water partition coefficient (Wildman–Crippen LogP) is 1.52. The van der Waals surface area contributed by atoms with Crippen molar-refractivity contribution in [3.8, 4) is 0 Å². The number of anilines is 1. The number of likely N-dealkylation sites (tertiary alicyclic amines) is 1. The van der Waals surface area contributed by atoms with Crippen LogP contribution in [0.5, 0.6) is 0 Å². The largest absolute Gasteiger partial charge is 0.375 e. The van der Waals surface area contributed by atoms with Crippen molar-refractivity contribution in [1.29, 1.82) is 0 Å². The van der Waals surface area contributed by atoms with Crippen molar-refractivity contribution in [3.05, 3.63) is 23.8 Å². The van der Waals surface area contributed by atoms with Gasteiger partial charge < -0.3 is 21.3 Å². The number of carbonyl (C=O) groups is 3. The van der Waals surface area contributed by atoms with E-state index in [-0.39, 0.29) is 35.1 Å². The van der Waals surface area contributed by atoms with E-state index in [0.717, 1.165) is 49.0 Å². The number of nitrogen functional groups attached to an aromatic ring is 1. The van der Waals surface area contributed by atoms with Gasteiger partial charge in [0.15, 0.2) is 5.13 Å². The first kappa shape index (κ1) is 19.3. The fraction of sp³-hybridized carbons (Fsp3) is 0.524. The second-order valence-electron chi connectivity index (χ2n) is 8.88. The number of aromatic nitrogens is 1. The SMILES string of the molecule is Nc1nc2cc(C(=O)N3CC4(CCC(NC(=O)C5CNC(=O)C5)CC4)C3)ccc2s1. The smallest absolute Gasteiger partial charge is 0.253 e. The van der Waals surface area contributed by atoms with Gasteiger partial charge in [0.2, 0.25) is 11.8 Å². The maximum Gasteiger partial charge on any atom is 0.253 e. The minimum absolute atomic E-state index is 0.0159. The average Bonchev–Trinajstić information content (AvgIpc) is 3.30. The number of nitrogens with one attached hydrogen (secondary N) is 2. The van der Waals surface area contributed by atoms with Crippen LogP contribution in [0.1, 0.15) is 42.5 Å². The third kappa shape index (κ3) is 3.51. The highest BCUT2D eigenvalue weighted by atomic mass is 32.1. The van der Waals surface area contributed by atoms with Crippen molar-refractivity contribution in [2.24, 2.45) is 11.3 Å². The number of carbonyl (C=O) groups excluding carboxylic acids is 3. The zero-order chi connectivity index (χ0) is 20.9. The van der Waals surface area contributed by atoms with E-state index >= 15 is 0 Å². The van der Waals surface area contributed by atoms with E-state index in [1.807, 2.05) is 23.1 Å². The van der Waals surface area contributed by atoms with Crippen LogP contribution in [-0.2, 0) is 9.59 Å². The molecule has 9 heteroatoms. The quantitative estimate of drug-likeness (QED) is 0.686. The highest BCUT2D eigenvalue weighted by Gasteiger charge is 2.47. The summed E-state index contributed by atoms with van der Waals surface area (Å²) >= 11 is 1.42. The molecule has 0 radical (unpaired) electrons. The molecule has 1 aromatic carbocycles. The van der Waals surface area contributed by atoms with Gasteiger partial charge in [0.1, 0.15) is 0 Å². The summed E-state index contributed by atoms with van der Waals surface area (Å²) in [5.41, 5.74) is 7.36. The van der Waals surface area contributed by atoms with Gasteiger partial charge in [-0.2, -0.15) is 0 Å². The zero-order valence-electron chi connectivity index (χ0n) is 16.6. The molecular weight excluding hydrogens is 402 g/mol. The molecule has 1 spiro atoms. The topological polar surface area (TPSA) is 117 Å². The minimum Gasteiger partial charge on any atom is -0.375 e. The fourth-order valence-electron chi connectivity index (χ4n) is 4.97. The van der Waals surface area contributed by atoms with Crippen LogP contribution >= 0.6 is 11.3 Å². The first-order chi connectivity index (χ1) is 14.4. The van der Waals surface area contributed by atoms with Crippen LogP contribution < -0.4 is 16.4 Å². The molecule has 3 heterocycles. The van der Waals surface area contributed by atoms with E-state index in [0.29, 0.717) is 23.7 Å². The monoisotopic (exact) mass is 427 g/mol. The standard InChI is InChI=1S/C21H25N5O3S/c22-20-25-15-7-12(1-2-16(15)30-20)19(29)26-10-21(11-26)5-3-14(4-6-21)24-18(28)13-8-17(27)23-9-13/h1-2,7,13-14H,3-6,8-11H2,(H2,22,25)(H,23,27)(H,24,28). The molecule has 5 rings (SSSR count). The molecule has 30 heavy (non-hydrogen) atoms. The van der Waals surface area contributed by atoms with Crippen LogP contribution in [0.15, 0.2) is 18.2 Å². The van der Waals surface area contributed by atoms with Crippen molar-refractivity contribution in [2.75, 3.05) is 25.4 Å². The van der Waals surface area contributed by atoms with E-state index < -0.39 is 0 Å². The molecule has 3 amide bonds. The second kappa shape index (κ2) is 7.23. The number of nitrogens with two attached hydrogens (primary N) is 1. The number of benzene rings is 1. The first-order valence-corrected chi connectivity index (χ1v) is 11.2. The lowest BCUT2D eigenvalue weighted by Gasteiger charge is -2.53. The van der Waals surface area contributed by atoms with Gasteiger partial charge in [-0.05, 0) is 43.9 Å². The number of hydrogen-bond donors (Lipinski definition) is 3.